The van der Waals surface area contributed by atoms with Crippen molar-refractivity contribution in [2.75, 3.05) is 56.9 Å². The number of carbonyl (C=O) groups is 2. The zero-order valence-electron chi connectivity index (χ0n) is 25.5. The van der Waals surface area contributed by atoms with Crippen molar-refractivity contribution in [2.24, 2.45) is 0 Å². The van der Waals surface area contributed by atoms with E-state index in [-0.39, 0.29) is 11.7 Å². The molecule has 0 aliphatic carbocycles. The first kappa shape index (κ1) is 29.8. The van der Waals surface area contributed by atoms with Crippen LogP contribution >= 0.6 is 0 Å². The molecular formula is C33H39N7O3. The lowest BCUT2D eigenvalue weighted by atomic mass is 9.99. The highest BCUT2D eigenvalue weighted by Crippen LogP contribution is 2.39. The Kier molecular flexibility index (Phi) is 8.77. The number of rotatable bonds is 12. The van der Waals surface area contributed by atoms with Crippen LogP contribution in [-0.2, 0) is 17.8 Å². The summed E-state index contributed by atoms with van der Waals surface area (Å²) in [6.45, 7) is 7.92. The number of aromatic nitrogens is 3. The quantitative estimate of drug-likeness (QED) is 0.167. The molecule has 2 aromatic carbocycles. The molecule has 1 aliphatic heterocycles. The number of ether oxygens (including phenoxy) is 1. The Balaban J connectivity index is 1.59. The van der Waals surface area contributed by atoms with Crippen molar-refractivity contribution in [3.8, 4) is 17.0 Å². The Bertz CT molecular complexity index is 1690. The number of Topliss-reactive ketones (excluding diaryl/α,β-unsaturated/α-hetero) is 1. The Morgan fingerprint density at radius 3 is 2.70 bits per heavy atom. The van der Waals surface area contributed by atoms with E-state index in [4.69, 9.17) is 9.72 Å². The van der Waals surface area contributed by atoms with Gasteiger partial charge in [-0.25, -0.2) is 9.97 Å². The van der Waals surface area contributed by atoms with E-state index in [9.17, 15) is 9.59 Å². The molecule has 4 aromatic rings. The molecule has 0 bridgehead atoms. The highest BCUT2D eigenvalue weighted by Gasteiger charge is 2.23. The molecule has 0 saturated carbocycles. The van der Waals surface area contributed by atoms with Gasteiger partial charge in [0.1, 0.15) is 5.75 Å². The van der Waals surface area contributed by atoms with Crippen LogP contribution in [0.15, 0.2) is 55.4 Å². The Morgan fingerprint density at radius 1 is 1.16 bits per heavy atom. The summed E-state index contributed by atoms with van der Waals surface area (Å²) in [5.74, 6) is 0.509. The molecule has 10 nitrogen and oxygen atoms in total. The van der Waals surface area contributed by atoms with Crippen LogP contribution in [0.1, 0.15) is 35.7 Å². The van der Waals surface area contributed by atoms with Crippen molar-refractivity contribution >= 4 is 45.6 Å². The molecule has 0 atom stereocenters. The lowest BCUT2D eigenvalue weighted by molar-refractivity contribution is -0.111. The summed E-state index contributed by atoms with van der Waals surface area (Å²) in [7, 11) is 7.58. The highest BCUT2D eigenvalue weighted by atomic mass is 16.5. The van der Waals surface area contributed by atoms with Crippen LogP contribution in [0.25, 0.3) is 22.2 Å². The molecule has 0 fully saturated rings. The summed E-state index contributed by atoms with van der Waals surface area (Å²) in [4.78, 5) is 39.0. The fourth-order valence-corrected chi connectivity index (χ4v) is 5.51. The number of para-hydroxylation sites is 1. The first-order valence-corrected chi connectivity index (χ1v) is 14.5. The van der Waals surface area contributed by atoms with Crippen molar-refractivity contribution in [3.63, 3.8) is 0 Å². The molecule has 5 rings (SSSR count). The van der Waals surface area contributed by atoms with E-state index in [0.29, 0.717) is 40.8 Å². The van der Waals surface area contributed by atoms with E-state index in [1.807, 2.05) is 34.1 Å². The summed E-state index contributed by atoms with van der Waals surface area (Å²) < 4.78 is 8.03. The number of carbonyl (C=O) groups excluding carboxylic acids is 2. The molecular weight excluding hydrogens is 542 g/mol. The SMILES string of the molecule is C=CC(=O)Nc1cc(Nc2ncc(C(=O)CC)c(-c3cn4c5c(cccc35)CCC4)n2)c(OC)cc1N(C)CCN(C)C. The topological polar surface area (TPSA) is 105 Å². The van der Waals surface area contributed by atoms with E-state index >= 15 is 0 Å². The lowest BCUT2D eigenvalue weighted by Gasteiger charge is -2.26. The van der Waals surface area contributed by atoms with Gasteiger partial charge >= 0.3 is 0 Å². The minimum Gasteiger partial charge on any atom is -0.494 e. The molecule has 1 aliphatic rings. The van der Waals surface area contributed by atoms with Crippen molar-refractivity contribution < 1.29 is 14.3 Å². The zero-order valence-corrected chi connectivity index (χ0v) is 25.5. The summed E-state index contributed by atoms with van der Waals surface area (Å²) in [5, 5.41) is 7.28. The molecule has 2 N–H and O–H groups in total. The average Bonchev–Trinajstić information content (AvgIpc) is 3.39. The molecule has 1 amide bonds. The second-order valence-corrected chi connectivity index (χ2v) is 11.0. The number of hydrogen-bond donors (Lipinski definition) is 2. The number of aryl methyl sites for hydroxylation is 2. The van der Waals surface area contributed by atoms with E-state index in [1.165, 1.54) is 17.2 Å². The van der Waals surface area contributed by atoms with E-state index in [1.54, 1.807) is 19.4 Å². The lowest BCUT2D eigenvalue weighted by Crippen LogP contribution is -2.29. The molecule has 0 saturated heterocycles. The molecule has 43 heavy (non-hydrogen) atoms. The van der Waals surface area contributed by atoms with Gasteiger partial charge in [-0.2, -0.15) is 0 Å². The van der Waals surface area contributed by atoms with Gasteiger partial charge in [0, 0.05) is 62.5 Å². The largest absolute Gasteiger partial charge is 0.494 e. The molecule has 0 spiro atoms. The fraction of sp³-hybridized carbons (Fsp3) is 0.333. The molecule has 0 unspecified atom stereocenters. The van der Waals surface area contributed by atoms with E-state index < -0.39 is 0 Å². The van der Waals surface area contributed by atoms with E-state index in [0.717, 1.165) is 49.1 Å². The fourth-order valence-electron chi connectivity index (χ4n) is 5.51. The van der Waals surface area contributed by atoms with Crippen LogP contribution in [0, 0.1) is 0 Å². The molecule has 0 radical (unpaired) electrons. The minimum atomic E-state index is -0.326. The first-order chi connectivity index (χ1) is 20.7. The number of likely N-dealkylation sites (N-methyl/N-ethyl adjacent to an activating group) is 2. The minimum absolute atomic E-state index is 0.0226. The van der Waals surface area contributed by atoms with Crippen LogP contribution in [0.5, 0.6) is 5.75 Å². The van der Waals surface area contributed by atoms with Crippen LogP contribution < -0.4 is 20.3 Å². The second-order valence-electron chi connectivity index (χ2n) is 11.0. The number of nitrogens with one attached hydrogen (secondary N) is 2. The standard InChI is InChI=1S/C33H39N7O3/c1-7-28(41)23-19-34-33(37-31(23)24-20-40-14-10-12-21-11-9-13-22(24)32(21)40)36-26-17-25(35-30(42)8-2)27(18-29(26)43-6)39(5)16-15-38(3)4/h8-9,11,13,17-20H,2,7,10,12,14-16H2,1,3-6H3,(H,35,42)(H,34,36,37). The maximum atomic E-state index is 13.1. The normalized spacial score (nSPS) is 12.3. The van der Waals surface area contributed by atoms with E-state index in [2.05, 4.69) is 61.0 Å². The van der Waals surface area contributed by atoms with Crippen molar-refractivity contribution in [3.05, 3.63) is 66.5 Å². The predicted octanol–water partition coefficient (Wildman–Crippen LogP) is 5.51. The van der Waals surface area contributed by atoms with Gasteiger partial charge < -0.3 is 29.7 Å². The van der Waals surface area contributed by atoms with Crippen molar-refractivity contribution in [2.45, 2.75) is 32.7 Å². The maximum Gasteiger partial charge on any atom is 0.247 e. The van der Waals surface area contributed by atoms with Crippen LogP contribution in [0.4, 0.5) is 23.0 Å². The maximum absolute atomic E-state index is 13.1. The van der Waals surface area contributed by atoms with Gasteiger partial charge in [-0.1, -0.05) is 31.7 Å². The number of anilines is 4. The third kappa shape index (κ3) is 6.10. The number of nitrogens with zero attached hydrogens (tertiary/aromatic N) is 5. The van der Waals surface area contributed by atoms with Gasteiger partial charge in [0.15, 0.2) is 5.78 Å². The predicted molar refractivity (Wildman–Crippen MR) is 173 cm³/mol. The van der Waals surface area contributed by atoms with Gasteiger partial charge in [-0.15, -0.1) is 0 Å². The van der Waals surface area contributed by atoms with Crippen molar-refractivity contribution in [1.29, 1.82) is 0 Å². The monoisotopic (exact) mass is 581 g/mol. The van der Waals surface area contributed by atoms with Gasteiger partial charge in [0.25, 0.3) is 0 Å². The van der Waals surface area contributed by atoms with Gasteiger partial charge in [-0.3, -0.25) is 9.59 Å². The second kappa shape index (κ2) is 12.7. The van der Waals surface area contributed by atoms with Gasteiger partial charge in [0.2, 0.25) is 11.9 Å². The van der Waals surface area contributed by atoms with Gasteiger partial charge in [-0.05, 0) is 44.6 Å². The number of methoxy groups -OCH3 is 1. The van der Waals surface area contributed by atoms with Crippen LogP contribution in [0.3, 0.4) is 0 Å². The van der Waals surface area contributed by atoms with Gasteiger partial charge in [0.05, 0.1) is 40.9 Å². The summed E-state index contributed by atoms with van der Waals surface area (Å²) in [6, 6.07) is 10.0. The van der Waals surface area contributed by atoms with Crippen LogP contribution in [-0.4, -0.2) is 72.5 Å². The molecule has 224 valence electrons. The highest BCUT2D eigenvalue weighted by molar-refractivity contribution is 6.06. The Hall–Kier alpha value is -4.70. The number of ketones is 1. The smallest absolute Gasteiger partial charge is 0.247 e. The average molecular weight is 582 g/mol. The number of benzene rings is 2. The molecule has 2 aromatic heterocycles. The molecule has 10 heteroatoms. The van der Waals surface area contributed by atoms with Crippen LogP contribution in [0.2, 0.25) is 0 Å². The molecule has 3 heterocycles. The summed E-state index contributed by atoms with van der Waals surface area (Å²) in [6.07, 6.45) is 7.38. The Morgan fingerprint density at radius 2 is 1.98 bits per heavy atom. The number of hydrogen-bond acceptors (Lipinski definition) is 8. The third-order valence-electron chi connectivity index (χ3n) is 7.79. The van der Waals surface area contributed by atoms with Crippen molar-refractivity contribution in [1.82, 2.24) is 19.4 Å². The summed E-state index contributed by atoms with van der Waals surface area (Å²) >= 11 is 0. The number of amides is 1. The zero-order chi connectivity index (χ0) is 30.7. The summed E-state index contributed by atoms with van der Waals surface area (Å²) in [5.41, 5.74) is 6.43. The Labute approximate surface area is 252 Å². The third-order valence-corrected chi connectivity index (χ3v) is 7.79. The first-order valence-electron chi connectivity index (χ1n) is 14.5.